The van der Waals surface area contributed by atoms with Gasteiger partial charge in [0, 0.05) is 12.7 Å². The van der Waals surface area contributed by atoms with Gasteiger partial charge in [-0.15, -0.1) is 6.58 Å². The first kappa shape index (κ1) is 24.2. The van der Waals surface area contributed by atoms with Crippen molar-refractivity contribution in [1.29, 1.82) is 0 Å². The van der Waals surface area contributed by atoms with Crippen molar-refractivity contribution in [3.05, 3.63) is 108 Å². The average molecular weight is 455 g/mol. The lowest BCUT2D eigenvalue weighted by Gasteiger charge is -2.25. The van der Waals surface area contributed by atoms with Crippen molar-refractivity contribution >= 4 is 0 Å². The summed E-state index contributed by atoms with van der Waals surface area (Å²) < 4.78 is 20.1. The SMILES string of the molecule is C=CC1CCC(CC=CCc2ccc(-c3ccc(-c4ccc(COC)cc4)cc3)c(F)c2)CC1. The van der Waals surface area contributed by atoms with Gasteiger partial charge in [0.1, 0.15) is 5.82 Å². The summed E-state index contributed by atoms with van der Waals surface area (Å²) >= 11 is 0. The van der Waals surface area contributed by atoms with Crippen LogP contribution in [0.1, 0.15) is 43.2 Å². The van der Waals surface area contributed by atoms with Crippen LogP contribution in [0.2, 0.25) is 0 Å². The highest BCUT2D eigenvalue weighted by molar-refractivity contribution is 5.71. The first-order chi connectivity index (χ1) is 16.7. The van der Waals surface area contributed by atoms with E-state index in [4.69, 9.17) is 4.74 Å². The van der Waals surface area contributed by atoms with Gasteiger partial charge in [-0.05, 0) is 84.2 Å². The second-order valence-electron chi connectivity index (χ2n) is 9.45. The zero-order valence-electron chi connectivity index (χ0n) is 20.2. The van der Waals surface area contributed by atoms with Crippen LogP contribution in [-0.2, 0) is 17.8 Å². The molecule has 0 amide bonds. The predicted molar refractivity (Wildman–Crippen MR) is 141 cm³/mol. The highest BCUT2D eigenvalue weighted by Gasteiger charge is 2.17. The average Bonchev–Trinajstić information content (AvgIpc) is 2.88. The van der Waals surface area contributed by atoms with E-state index in [2.05, 4.69) is 61.2 Å². The van der Waals surface area contributed by atoms with Crippen LogP contribution >= 0.6 is 0 Å². The van der Waals surface area contributed by atoms with Crippen molar-refractivity contribution in [3.63, 3.8) is 0 Å². The summed E-state index contributed by atoms with van der Waals surface area (Å²) in [7, 11) is 1.70. The van der Waals surface area contributed by atoms with E-state index < -0.39 is 0 Å². The fourth-order valence-corrected chi connectivity index (χ4v) is 4.89. The number of halogens is 1. The third kappa shape index (κ3) is 6.33. The number of methoxy groups -OCH3 is 1. The van der Waals surface area contributed by atoms with Crippen LogP contribution in [0.3, 0.4) is 0 Å². The highest BCUT2D eigenvalue weighted by atomic mass is 19.1. The largest absolute Gasteiger partial charge is 0.380 e. The molecule has 1 aliphatic rings. The van der Waals surface area contributed by atoms with Gasteiger partial charge in [0.25, 0.3) is 0 Å². The Morgan fingerprint density at radius 3 is 2.06 bits per heavy atom. The molecule has 1 aliphatic carbocycles. The van der Waals surface area contributed by atoms with Gasteiger partial charge in [-0.3, -0.25) is 0 Å². The van der Waals surface area contributed by atoms with Crippen LogP contribution in [0.5, 0.6) is 0 Å². The Balaban J connectivity index is 1.34. The fraction of sp³-hybridized carbons (Fsp3) is 0.312. The van der Waals surface area contributed by atoms with Crippen molar-refractivity contribution in [2.45, 2.75) is 45.1 Å². The Morgan fingerprint density at radius 1 is 0.824 bits per heavy atom. The number of allylic oxidation sites excluding steroid dienone is 3. The zero-order chi connectivity index (χ0) is 23.8. The second-order valence-corrected chi connectivity index (χ2v) is 9.45. The molecule has 0 N–H and O–H groups in total. The van der Waals surface area contributed by atoms with Crippen LogP contribution in [0.4, 0.5) is 4.39 Å². The van der Waals surface area contributed by atoms with E-state index in [-0.39, 0.29) is 5.82 Å². The lowest BCUT2D eigenvalue weighted by Crippen LogP contribution is -2.12. The number of hydrogen-bond acceptors (Lipinski definition) is 1. The van der Waals surface area contributed by atoms with Crippen molar-refractivity contribution in [1.82, 2.24) is 0 Å². The fourth-order valence-electron chi connectivity index (χ4n) is 4.89. The highest BCUT2D eigenvalue weighted by Crippen LogP contribution is 2.31. The summed E-state index contributed by atoms with van der Waals surface area (Å²) in [6, 6.07) is 22.1. The molecule has 176 valence electrons. The third-order valence-electron chi connectivity index (χ3n) is 7.04. The van der Waals surface area contributed by atoms with Crippen molar-refractivity contribution in [3.8, 4) is 22.3 Å². The molecule has 2 heteroatoms. The molecule has 0 unspecified atom stereocenters. The molecule has 0 atom stereocenters. The molecule has 34 heavy (non-hydrogen) atoms. The molecule has 0 bridgehead atoms. The Kier molecular flexibility index (Phi) is 8.49. The number of benzene rings is 3. The maximum Gasteiger partial charge on any atom is 0.131 e. The van der Waals surface area contributed by atoms with Gasteiger partial charge in [-0.2, -0.15) is 0 Å². The van der Waals surface area contributed by atoms with E-state index >= 15 is 0 Å². The molecule has 3 aromatic rings. The molecule has 0 heterocycles. The Hall–Kier alpha value is -2.97. The minimum absolute atomic E-state index is 0.162. The van der Waals surface area contributed by atoms with Gasteiger partial charge in [-0.25, -0.2) is 4.39 Å². The van der Waals surface area contributed by atoms with Crippen LogP contribution in [0, 0.1) is 17.7 Å². The summed E-state index contributed by atoms with van der Waals surface area (Å²) in [5.41, 5.74) is 5.97. The minimum atomic E-state index is -0.162. The topological polar surface area (TPSA) is 9.23 Å². The van der Waals surface area contributed by atoms with E-state index in [1.807, 2.05) is 24.3 Å². The number of rotatable bonds is 9. The lowest BCUT2D eigenvalue weighted by molar-refractivity contribution is 0.185. The first-order valence-electron chi connectivity index (χ1n) is 12.4. The smallest absolute Gasteiger partial charge is 0.131 e. The van der Waals surface area contributed by atoms with E-state index in [0.717, 1.165) is 46.6 Å². The first-order valence-corrected chi connectivity index (χ1v) is 12.4. The minimum Gasteiger partial charge on any atom is -0.380 e. The molecule has 1 fully saturated rings. The van der Waals surface area contributed by atoms with Crippen LogP contribution in [0.15, 0.2) is 91.5 Å². The van der Waals surface area contributed by atoms with Gasteiger partial charge in [0.2, 0.25) is 0 Å². The van der Waals surface area contributed by atoms with E-state index in [9.17, 15) is 4.39 Å². The summed E-state index contributed by atoms with van der Waals surface area (Å²) in [4.78, 5) is 0. The van der Waals surface area contributed by atoms with E-state index in [1.54, 1.807) is 13.2 Å². The molecule has 4 rings (SSSR count). The molecule has 1 nitrogen and oxygen atoms in total. The molecule has 0 saturated heterocycles. The molecule has 1 saturated carbocycles. The van der Waals surface area contributed by atoms with Crippen LogP contribution in [-0.4, -0.2) is 7.11 Å². The molecular formula is C32H35FO. The summed E-state index contributed by atoms with van der Waals surface area (Å²) in [5.74, 6) is 1.34. The second kappa shape index (κ2) is 11.9. The van der Waals surface area contributed by atoms with Crippen LogP contribution in [0.25, 0.3) is 22.3 Å². The Morgan fingerprint density at radius 2 is 1.44 bits per heavy atom. The van der Waals surface area contributed by atoms with Gasteiger partial charge in [0.15, 0.2) is 0 Å². The summed E-state index contributed by atoms with van der Waals surface area (Å²) in [5, 5.41) is 0. The van der Waals surface area contributed by atoms with Gasteiger partial charge in [-0.1, -0.05) is 78.9 Å². The monoisotopic (exact) mass is 454 g/mol. The normalized spacial score (nSPS) is 18.3. The quantitative estimate of drug-likeness (QED) is 0.294. The number of ether oxygens (including phenoxy) is 1. The predicted octanol–water partition coefficient (Wildman–Crippen LogP) is 8.79. The summed E-state index contributed by atoms with van der Waals surface area (Å²) in [6.45, 7) is 4.54. The maximum atomic E-state index is 14.9. The maximum absolute atomic E-state index is 14.9. The standard InChI is InChI=1S/C32H35FO/c1-3-24-8-10-25(11-9-24)6-4-5-7-26-14-21-31(32(33)22-26)30-19-17-29(18-20-30)28-15-12-27(13-16-28)23-34-2/h3-5,12-22,24-25H,1,6-11,23H2,2H3. The van der Waals surface area contributed by atoms with Crippen molar-refractivity contribution < 1.29 is 9.13 Å². The molecule has 0 aromatic heterocycles. The Labute approximate surface area is 204 Å². The Bertz CT molecular complexity index is 1090. The van der Waals surface area contributed by atoms with Gasteiger partial charge < -0.3 is 4.74 Å². The van der Waals surface area contributed by atoms with Gasteiger partial charge >= 0.3 is 0 Å². The van der Waals surface area contributed by atoms with Crippen molar-refractivity contribution in [2.75, 3.05) is 7.11 Å². The molecule has 0 spiro atoms. The molecule has 0 aliphatic heterocycles. The van der Waals surface area contributed by atoms with Gasteiger partial charge in [0.05, 0.1) is 6.61 Å². The van der Waals surface area contributed by atoms with Crippen molar-refractivity contribution in [2.24, 2.45) is 11.8 Å². The van der Waals surface area contributed by atoms with E-state index in [0.29, 0.717) is 18.1 Å². The van der Waals surface area contributed by atoms with Crippen LogP contribution < -0.4 is 0 Å². The third-order valence-corrected chi connectivity index (χ3v) is 7.04. The summed E-state index contributed by atoms with van der Waals surface area (Å²) in [6.07, 6.45) is 13.6. The zero-order valence-corrected chi connectivity index (χ0v) is 20.2. The molecule has 3 aromatic carbocycles. The van der Waals surface area contributed by atoms with E-state index in [1.165, 1.54) is 25.7 Å². The molecule has 0 radical (unpaired) electrons. The molecular weight excluding hydrogens is 419 g/mol. The lowest BCUT2D eigenvalue weighted by atomic mass is 9.80. The number of hydrogen-bond donors (Lipinski definition) is 0.